The van der Waals surface area contributed by atoms with E-state index >= 15 is 0 Å². The van der Waals surface area contributed by atoms with Gasteiger partial charge in [0.15, 0.2) is 5.82 Å². The monoisotopic (exact) mass is 293 g/mol. The molecule has 1 aromatic carbocycles. The smallest absolute Gasteiger partial charge is 0.244 e. The maximum atomic E-state index is 12.4. The van der Waals surface area contributed by atoms with Crippen molar-refractivity contribution in [1.29, 1.82) is 0 Å². The zero-order chi connectivity index (χ0) is 14.8. The summed E-state index contributed by atoms with van der Waals surface area (Å²) in [5.74, 6) is -0.484. The zero-order valence-corrected chi connectivity index (χ0v) is 11.1. The van der Waals surface area contributed by atoms with E-state index in [2.05, 4.69) is 15.5 Å². The molecule has 0 radical (unpaired) electrons. The van der Waals surface area contributed by atoms with E-state index in [0.29, 0.717) is 5.82 Å². The highest BCUT2D eigenvalue weighted by molar-refractivity contribution is 5.77. The Bertz CT molecular complexity index is 625. The summed E-state index contributed by atoms with van der Waals surface area (Å²) in [5, 5.41) is 11.3. The first-order valence-electron chi connectivity index (χ1n) is 6.52. The van der Waals surface area contributed by atoms with E-state index in [1.165, 1.54) is 9.58 Å². The molecule has 2 heterocycles. The van der Waals surface area contributed by atoms with Crippen LogP contribution in [0.15, 0.2) is 30.3 Å². The Morgan fingerprint density at radius 1 is 1.29 bits per heavy atom. The quantitative estimate of drug-likeness (QED) is 0.845. The van der Waals surface area contributed by atoms with Gasteiger partial charge in [-0.1, -0.05) is 30.3 Å². The van der Waals surface area contributed by atoms with Crippen LogP contribution in [0.3, 0.4) is 0 Å². The van der Waals surface area contributed by atoms with Crippen molar-refractivity contribution >= 4 is 5.91 Å². The average Bonchev–Trinajstić information content (AvgIpc) is 2.85. The first-order valence-corrected chi connectivity index (χ1v) is 6.52. The fourth-order valence-corrected chi connectivity index (χ4v) is 2.21. The van der Waals surface area contributed by atoms with Crippen LogP contribution in [0, 0.1) is 5.92 Å². The second kappa shape index (κ2) is 5.55. The number of hydrogen-bond donors (Lipinski definition) is 0. The molecule has 1 fully saturated rings. The Morgan fingerprint density at radius 2 is 2.00 bits per heavy atom. The van der Waals surface area contributed by atoms with Crippen molar-refractivity contribution in [2.45, 2.75) is 13.0 Å². The van der Waals surface area contributed by atoms with Gasteiger partial charge in [-0.25, -0.2) is 13.5 Å². The molecule has 3 rings (SSSR count). The van der Waals surface area contributed by atoms with Crippen LogP contribution in [-0.4, -0.2) is 50.5 Å². The summed E-state index contributed by atoms with van der Waals surface area (Å²) in [7, 11) is 0. The number of alkyl halides is 2. The number of likely N-dealkylation sites (tertiary alicyclic amines) is 1. The van der Waals surface area contributed by atoms with Gasteiger partial charge in [-0.3, -0.25) is 4.79 Å². The molecular weight excluding hydrogens is 280 g/mol. The maximum Gasteiger partial charge on any atom is 0.244 e. The number of tetrazole rings is 1. The van der Waals surface area contributed by atoms with Crippen LogP contribution >= 0.6 is 0 Å². The molecule has 8 heteroatoms. The lowest BCUT2D eigenvalue weighted by Gasteiger charge is -2.38. The molecule has 1 aliphatic rings. The first-order chi connectivity index (χ1) is 10.1. The van der Waals surface area contributed by atoms with Gasteiger partial charge >= 0.3 is 0 Å². The number of nitrogens with zero attached hydrogens (tertiary/aromatic N) is 5. The van der Waals surface area contributed by atoms with E-state index in [4.69, 9.17) is 0 Å². The molecule has 0 saturated carbocycles. The minimum atomic E-state index is -2.37. The van der Waals surface area contributed by atoms with Gasteiger partial charge in [0.05, 0.1) is 5.92 Å². The van der Waals surface area contributed by atoms with E-state index in [-0.39, 0.29) is 25.5 Å². The summed E-state index contributed by atoms with van der Waals surface area (Å²) in [6, 6.07) is 9.23. The number of aromatic nitrogens is 4. The van der Waals surface area contributed by atoms with Gasteiger partial charge in [0, 0.05) is 18.7 Å². The van der Waals surface area contributed by atoms with Crippen LogP contribution in [0.2, 0.25) is 0 Å². The standard InChI is InChI=1S/C13H13F2N5O/c14-12(15)10-6-19(7-10)11(21)8-20-13(16-17-18-20)9-4-2-1-3-5-9/h1-5,10,12H,6-8H2. The fourth-order valence-electron chi connectivity index (χ4n) is 2.21. The maximum absolute atomic E-state index is 12.4. The van der Waals surface area contributed by atoms with Gasteiger partial charge in [-0.05, 0) is 10.4 Å². The Labute approximate surface area is 119 Å². The highest BCUT2D eigenvalue weighted by atomic mass is 19.3. The number of carbonyl (C=O) groups is 1. The van der Waals surface area contributed by atoms with Crippen LogP contribution in [0.25, 0.3) is 11.4 Å². The minimum Gasteiger partial charge on any atom is -0.340 e. The van der Waals surface area contributed by atoms with E-state index < -0.39 is 12.3 Å². The Balaban J connectivity index is 1.67. The number of amides is 1. The summed E-state index contributed by atoms with van der Waals surface area (Å²) >= 11 is 0. The van der Waals surface area contributed by atoms with Crippen molar-refractivity contribution in [2.75, 3.05) is 13.1 Å². The largest absolute Gasteiger partial charge is 0.340 e. The second-order valence-corrected chi connectivity index (χ2v) is 4.92. The van der Waals surface area contributed by atoms with E-state index in [0.717, 1.165) is 5.56 Å². The van der Waals surface area contributed by atoms with Gasteiger partial charge in [-0.2, -0.15) is 0 Å². The number of halogens is 2. The van der Waals surface area contributed by atoms with Crippen LogP contribution in [0.4, 0.5) is 8.78 Å². The molecule has 0 spiro atoms. The Morgan fingerprint density at radius 3 is 2.67 bits per heavy atom. The number of hydrogen-bond acceptors (Lipinski definition) is 4. The van der Waals surface area contributed by atoms with Gasteiger partial charge < -0.3 is 4.90 Å². The first kappa shape index (κ1) is 13.6. The molecule has 1 amide bonds. The highest BCUT2D eigenvalue weighted by Crippen LogP contribution is 2.23. The highest BCUT2D eigenvalue weighted by Gasteiger charge is 2.36. The third-order valence-corrected chi connectivity index (χ3v) is 3.47. The lowest BCUT2D eigenvalue weighted by molar-refractivity contribution is -0.142. The van der Waals surface area contributed by atoms with Crippen LogP contribution in [0.5, 0.6) is 0 Å². The lowest BCUT2D eigenvalue weighted by Crippen LogP contribution is -2.53. The normalized spacial score (nSPS) is 15.3. The predicted molar refractivity (Wildman–Crippen MR) is 69.3 cm³/mol. The summed E-state index contributed by atoms with van der Waals surface area (Å²) < 4.78 is 26.2. The van der Waals surface area contributed by atoms with E-state index in [9.17, 15) is 13.6 Å². The summed E-state index contributed by atoms with van der Waals surface area (Å²) in [6.07, 6.45) is -2.37. The van der Waals surface area contributed by atoms with Crippen LogP contribution in [-0.2, 0) is 11.3 Å². The van der Waals surface area contributed by atoms with Crippen molar-refractivity contribution in [3.05, 3.63) is 30.3 Å². The number of carbonyl (C=O) groups excluding carboxylic acids is 1. The summed E-state index contributed by atoms with van der Waals surface area (Å²) in [5.41, 5.74) is 0.796. The zero-order valence-electron chi connectivity index (χ0n) is 11.1. The van der Waals surface area contributed by atoms with E-state index in [1.54, 1.807) is 0 Å². The molecular formula is C13H13F2N5O. The van der Waals surface area contributed by atoms with Gasteiger partial charge in [0.2, 0.25) is 12.3 Å². The fraction of sp³-hybridized carbons (Fsp3) is 0.385. The van der Waals surface area contributed by atoms with Crippen LogP contribution in [0.1, 0.15) is 0 Å². The van der Waals surface area contributed by atoms with Crippen LogP contribution < -0.4 is 0 Å². The summed E-state index contributed by atoms with van der Waals surface area (Å²) in [6.45, 7) is 0.145. The molecule has 1 aromatic heterocycles. The topological polar surface area (TPSA) is 63.9 Å². The average molecular weight is 293 g/mol. The summed E-state index contributed by atoms with van der Waals surface area (Å²) in [4.78, 5) is 13.4. The molecule has 21 heavy (non-hydrogen) atoms. The molecule has 0 N–H and O–H groups in total. The van der Waals surface area contributed by atoms with Gasteiger partial charge in [0.25, 0.3) is 0 Å². The molecule has 0 aliphatic carbocycles. The number of benzene rings is 1. The molecule has 110 valence electrons. The molecule has 6 nitrogen and oxygen atoms in total. The molecule has 0 unspecified atom stereocenters. The Hall–Kier alpha value is -2.38. The number of rotatable bonds is 4. The molecule has 2 aromatic rings. The third kappa shape index (κ3) is 2.74. The molecule has 1 saturated heterocycles. The lowest BCUT2D eigenvalue weighted by atomic mass is 10.0. The van der Waals surface area contributed by atoms with Crippen molar-refractivity contribution in [2.24, 2.45) is 5.92 Å². The van der Waals surface area contributed by atoms with Gasteiger partial charge in [0.1, 0.15) is 6.54 Å². The molecule has 1 aliphatic heterocycles. The minimum absolute atomic E-state index is 0.0484. The second-order valence-electron chi connectivity index (χ2n) is 4.92. The van der Waals surface area contributed by atoms with Crippen molar-refractivity contribution in [3.63, 3.8) is 0 Å². The van der Waals surface area contributed by atoms with Crippen molar-refractivity contribution in [1.82, 2.24) is 25.1 Å². The van der Waals surface area contributed by atoms with Crippen molar-refractivity contribution < 1.29 is 13.6 Å². The van der Waals surface area contributed by atoms with E-state index in [1.807, 2.05) is 30.3 Å². The third-order valence-electron chi connectivity index (χ3n) is 3.47. The Kier molecular flexibility index (Phi) is 3.59. The molecule has 0 atom stereocenters. The predicted octanol–water partition coefficient (Wildman–Crippen LogP) is 1.06. The van der Waals surface area contributed by atoms with Crippen molar-refractivity contribution in [3.8, 4) is 11.4 Å². The SMILES string of the molecule is O=C(Cn1nnnc1-c1ccccc1)N1CC(C(F)F)C1. The van der Waals surface area contributed by atoms with Gasteiger partial charge in [-0.15, -0.1) is 5.10 Å². The molecule has 0 bridgehead atoms.